The Bertz CT molecular complexity index is 335. The zero-order chi connectivity index (χ0) is 14.2. The predicted octanol–water partition coefficient (Wildman–Crippen LogP) is 2.25. The molecule has 0 aromatic rings. The first-order chi connectivity index (χ1) is 9.65. The molecule has 3 aliphatic carbocycles. The standard InChI is InChI=1S/C17H32N2O/c1-3-18-17(12-20)7-6-16(10-17)19(2)11-15-9-13-4-5-14(15)8-13/h13-16,18,20H,3-12H2,1-2H3. The summed E-state index contributed by atoms with van der Waals surface area (Å²) in [6, 6.07) is 0.667. The van der Waals surface area contributed by atoms with Crippen LogP contribution in [0.3, 0.4) is 0 Å². The molecule has 2 bridgehead atoms. The number of likely N-dealkylation sites (N-methyl/N-ethyl adjacent to an activating group) is 1. The molecule has 0 aromatic carbocycles. The minimum atomic E-state index is 0.00234. The molecular weight excluding hydrogens is 248 g/mol. The van der Waals surface area contributed by atoms with Gasteiger partial charge in [0.1, 0.15) is 0 Å². The van der Waals surface area contributed by atoms with Crippen molar-refractivity contribution in [3.05, 3.63) is 0 Å². The second-order valence-corrected chi connectivity index (χ2v) is 7.74. The van der Waals surface area contributed by atoms with E-state index in [1.165, 1.54) is 38.6 Å². The van der Waals surface area contributed by atoms with Crippen molar-refractivity contribution in [2.24, 2.45) is 17.8 Å². The van der Waals surface area contributed by atoms with E-state index < -0.39 is 0 Å². The van der Waals surface area contributed by atoms with Crippen molar-refractivity contribution in [1.29, 1.82) is 0 Å². The Morgan fingerprint density at radius 1 is 1.25 bits per heavy atom. The van der Waals surface area contributed by atoms with Crippen LogP contribution in [-0.4, -0.2) is 48.3 Å². The van der Waals surface area contributed by atoms with Gasteiger partial charge < -0.3 is 15.3 Å². The molecule has 3 saturated carbocycles. The van der Waals surface area contributed by atoms with Gasteiger partial charge in [-0.25, -0.2) is 0 Å². The second kappa shape index (κ2) is 5.94. The van der Waals surface area contributed by atoms with Crippen LogP contribution in [0.4, 0.5) is 0 Å². The monoisotopic (exact) mass is 280 g/mol. The summed E-state index contributed by atoms with van der Waals surface area (Å²) in [7, 11) is 2.32. The van der Waals surface area contributed by atoms with Crippen LogP contribution < -0.4 is 5.32 Å². The minimum absolute atomic E-state index is 0.00234. The lowest BCUT2D eigenvalue weighted by molar-refractivity contribution is 0.139. The van der Waals surface area contributed by atoms with Gasteiger partial charge in [0.2, 0.25) is 0 Å². The second-order valence-electron chi connectivity index (χ2n) is 7.74. The quantitative estimate of drug-likeness (QED) is 0.783. The summed E-state index contributed by atoms with van der Waals surface area (Å²) in [5, 5.41) is 13.3. The fourth-order valence-corrected chi connectivity index (χ4v) is 5.33. The van der Waals surface area contributed by atoms with E-state index in [0.717, 1.165) is 37.1 Å². The van der Waals surface area contributed by atoms with Crippen molar-refractivity contribution < 1.29 is 5.11 Å². The highest BCUT2D eigenvalue weighted by atomic mass is 16.3. The molecule has 3 fully saturated rings. The van der Waals surface area contributed by atoms with Crippen molar-refractivity contribution in [3.8, 4) is 0 Å². The third-order valence-corrected chi connectivity index (χ3v) is 6.47. The van der Waals surface area contributed by atoms with Crippen molar-refractivity contribution in [2.45, 2.75) is 63.5 Å². The largest absolute Gasteiger partial charge is 0.394 e. The number of hydrogen-bond donors (Lipinski definition) is 2. The number of rotatable bonds is 6. The molecule has 0 amide bonds. The maximum atomic E-state index is 9.74. The number of fused-ring (bicyclic) bond motifs is 2. The summed E-state index contributed by atoms with van der Waals surface area (Å²) in [4.78, 5) is 2.61. The molecule has 20 heavy (non-hydrogen) atoms. The molecule has 5 unspecified atom stereocenters. The summed E-state index contributed by atoms with van der Waals surface area (Å²) in [5.74, 6) is 3.04. The van der Waals surface area contributed by atoms with Crippen LogP contribution in [0.5, 0.6) is 0 Å². The Hall–Kier alpha value is -0.120. The highest BCUT2D eigenvalue weighted by Gasteiger charge is 2.43. The third kappa shape index (κ3) is 2.77. The first kappa shape index (κ1) is 14.8. The lowest BCUT2D eigenvalue weighted by Crippen LogP contribution is -2.48. The third-order valence-electron chi connectivity index (χ3n) is 6.47. The number of hydrogen-bond acceptors (Lipinski definition) is 3. The van der Waals surface area contributed by atoms with E-state index >= 15 is 0 Å². The fourth-order valence-electron chi connectivity index (χ4n) is 5.33. The smallest absolute Gasteiger partial charge is 0.0613 e. The molecule has 3 nitrogen and oxygen atoms in total. The number of aliphatic hydroxyl groups excluding tert-OH is 1. The van der Waals surface area contributed by atoms with E-state index in [-0.39, 0.29) is 5.54 Å². The summed E-state index contributed by atoms with van der Waals surface area (Å²) in [6.07, 6.45) is 9.48. The summed E-state index contributed by atoms with van der Waals surface area (Å²) in [6.45, 7) is 4.69. The lowest BCUT2D eigenvalue weighted by atomic mass is 9.88. The van der Waals surface area contributed by atoms with Gasteiger partial charge in [0, 0.05) is 18.1 Å². The average Bonchev–Trinajstić information content (AvgIpc) is 3.14. The van der Waals surface area contributed by atoms with Crippen LogP contribution in [0.25, 0.3) is 0 Å². The first-order valence-electron chi connectivity index (χ1n) is 8.72. The first-order valence-corrected chi connectivity index (χ1v) is 8.72. The molecule has 0 radical (unpaired) electrons. The van der Waals surface area contributed by atoms with Crippen molar-refractivity contribution in [3.63, 3.8) is 0 Å². The van der Waals surface area contributed by atoms with Crippen LogP contribution in [0.15, 0.2) is 0 Å². The van der Waals surface area contributed by atoms with Gasteiger partial charge in [-0.1, -0.05) is 13.3 Å². The predicted molar refractivity (Wildman–Crippen MR) is 82.7 cm³/mol. The van der Waals surface area contributed by atoms with Crippen molar-refractivity contribution in [1.82, 2.24) is 10.2 Å². The Morgan fingerprint density at radius 2 is 2.10 bits per heavy atom. The molecule has 3 rings (SSSR count). The van der Waals surface area contributed by atoms with Crippen LogP contribution >= 0.6 is 0 Å². The van der Waals surface area contributed by atoms with Gasteiger partial charge >= 0.3 is 0 Å². The fraction of sp³-hybridized carbons (Fsp3) is 1.00. The molecule has 0 saturated heterocycles. The molecule has 116 valence electrons. The topological polar surface area (TPSA) is 35.5 Å². The average molecular weight is 280 g/mol. The molecule has 2 N–H and O–H groups in total. The molecular formula is C17H32N2O. The molecule has 3 aliphatic rings. The zero-order valence-corrected chi connectivity index (χ0v) is 13.3. The Morgan fingerprint density at radius 3 is 2.70 bits per heavy atom. The van der Waals surface area contributed by atoms with Gasteiger partial charge in [0.05, 0.1) is 6.61 Å². The summed E-state index contributed by atoms with van der Waals surface area (Å²) >= 11 is 0. The highest BCUT2D eigenvalue weighted by molar-refractivity contribution is 5.00. The van der Waals surface area contributed by atoms with Crippen LogP contribution in [0.2, 0.25) is 0 Å². The van der Waals surface area contributed by atoms with Crippen molar-refractivity contribution in [2.75, 3.05) is 26.7 Å². The van der Waals surface area contributed by atoms with E-state index in [4.69, 9.17) is 0 Å². The maximum Gasteiger partial charge on any atom is 0.0613 e. The molecule has 0 heterocycles. The zero-order valence-electron chi connectivity index (χ0n) is 13.3. The molecule has 0 spiro atoms. The van der Waals surface area contributed by atoms with Crippen LogP contribution in [0.1, 0.15) is 51.9 Å². The Kier molecular flexibility index (Phi) is 4.40. The molecule has 3 heteroatoms. The summed E-state index contributed by atoms with van der Waals surface area (Å²) in [5.41, 5.74) is 0.00234. The Balaban J connectivity index is 1.52. The van der Waals surface area contributed by atoms with Gasteiger partial charge in [-0.2, -0.15) is 0 Å². The van der Waals surface area contributed by atoms with E-state index in [2.05, 4.69) is 24.2 Å². The van der Waals surface area contributed by atoms with E-state index in [1.807, 2.05) is 0 Å². The Labute approximate surface area is 124 Å². The highest BCUT2D eigenvalue weighted by Crippen LogP contribution is 2.48. The van der Waals surface area contributed by atoms with Gasteiger partial charge in [-0.15, -0.1) is 0 Å². The SMILES string of the molecule is CCNC1(CO)CCC(N(C)CC2CC3CCC2C3)C1. The maximum absolute atomic E-state index is 9.74. The van der Waals surface area contributed by atoms with E-state index in [9.17, 15) is 5.11 Å². The van der Waals surface area contributed by atoms with Gasteiger partial charge in [-0.05, 0) is 69.9 Å². The van der Waals surface area contributed by atoms with Crippen LogP contribution in [0, 0.1) is 17.8 Å². The molecule has 0 aromatic heterocycles. The number of nitrogens with zero attached hydrogens (tertiary/aromatic N) is 1. The van der Waals surface area contributed by atoms with Crippen LogP contribution in [-0.2, 0) is 0 Å². The van der Waals surface area contributed by atoms with E-state index in [0.29, 0.717) is 12.6 Å². The lowest BCUT2D eigenvalue weighted by Gasteiger charge is -2.33. The summed E-state index contributed by atoms with van der Waals surface area (Å²) < 4.78 is 0. The minimum Gasteiger partial charge on any atom is -0.394 e. The molecule has 0 aliphatic heterocycles. The molecule has 5 atom stereocenters. The van der Waals surface area contributed by atoms with Crippen molar-refractivity contribution >= 4 is 0 Å². The number of nitrogens with one attached hydrogen (secondary N) is 1. The number of aliphatic hydroxyl groups is 1. The van der Waals surface area contributed by atoms with Gasteiger partial charge in [-0.3, -0.25) is 0 Å². The normalized spacial score (nSPS) is 43.8. The van der Waals surface area contributed by atoms with E-state index in [1.54, 1.807) is 0 Å². The van der Waals surface area contributed by atoms with Gasteiger partial charge in [0.25, 0.3) is 0 Å². The van der Waals surface area contributed by atoms with Gasteiger partial charge in [0.15, 0.2) is 0 Å².